The number of carbonyl (C=O) groups excluding carboxylic acids is 5. The van der Waals surface area contributed by atoms with Crippen LogP contribution in [0.1, 0.15) is 118 Å². The predicted octanol–water partition coefficient (Wildman–Crippen LogP) is 5.63. The highest BCUT2D eigenvalue weighted by molar-refractivity contribution is 5.93. The summed E-state index contributed by atoms with van der Waals surface area (Å²) in [5.41, 5.74) is -1.16. The number of nitrogens with one attached hydrogen (secondary N) is 1. The van der Waals surface area contributed by atoms with E-state index in [1.165, 1.54) is 0 Å². The average Bonchev–Trinajstić information content (AvgIpc) is 3.34. The fourth-order valence-corrected chi connectivity index (χ4v) is 10.4. The van der Waals surface area contributed by atoms with Crippen LogP contribution >= 0.6 is 0 Å². The van der Waals surface area contributed by atoms with Gasteiger partial charge >= 0.3 is 11.9 Å². The van der Waals surface area contributed by atoms with E-state index in [0.29, 0.717) is 44.4 Å². The molecule has 246 valence electrons. The van der Waals surface area contributed by atoms with Crippen LogP contribution in [0, 0.1) is 52.3 Å². The van der Waals surface area contributed by atoms with Crippen LogP contribution in [0.2, 0.25) is 0 Å². The molecule has 0 bridgehead atoms. The van der Waals surface area contributed by atoms with Crippen molar-refractivity contribution in [3.63, 3.8) is 0 Å². The second-order valence-electron chi connectivity index (χ2n) is 15.9. The summed E-state index contributed by atoms with van der Waals surface area (Å²) in [6.07, 6.45) is 8.08. The monoisotopic (exact) mass is 613 g/mol. The van der Waals surface area contributed by atoms with E-state index in [-0.39, 0.29) is 89.7 Å². The smallest absolute Gasteiger partial charge is 0.306 e. The van der Waals surface area contributed by atoms with Crippen LogP contribution in [0.15, 0.2) is 0 Å². The van der Waals surface area contributed by atoms with Crippen LogP contribution in [-0.4, -0.2) is 54.6 Å². The van der Waals surface area contributed by atoms with Crippen molar-refractivity contribution in [2.45, 2.75) is 124 Å². The summed E-state index contributed by atoms with van der Waals surface area (Å²) < 4.78 is 11.3. The van der Waals surface area contributed by atoms with Crippen LogP contribution in [0.3, 0.4) is 0 Å². The molecule has 4 aliphatic carbocycles. The maximum absolute atomic E-state index is 14.0. The Morgan fingerprint density at radius 2 is 1.68 bits per heavy atom. The Morgan fingerprint density at radius 3 is 2.41 bits per heavy atom. The maximum atomic E-state index is 14.0. The molecular weight excluding hydrogens is 558 g/mol. The third kappa shape index (κ3) is 6.30. The molecule has 1 N–H and O–H groups in total. The highest BCUT2D eigenvalue weighted by atomic mass is 16.6. The van der Waals surface area contributed by atoms with Crippen molar-refractivity contribution in [1.82, 2.24) is 5.32 Å². The molecule has 0 radical (unpaired) electrons. The number of fused-ring (bicyclic) bond motifs is 5. The van der Waals surface area contributed by atoms with E-state index in [4.69, 9.17) is 9.47 Å². The number of esters is 2. The van der Waals surface area contributed by atoms with Gasteiger partial charge in [0.15, 0.2) is 0 Å². The Hall–Kier alpha value is -2.09. The zero-order valence-electron chi connectivity index (χ0n) is 27.7. The number of hydrogen-bond acceptors (Lipinski definition) is 8. The lowest BCUT2D eigenvalue weighted by molar-refractivity contribution is -0.167. The van der Waals surface area contributed by atoms with Gasteiger partial charge in [0.25, 0.3) is 0 Å². The first-order chi connectivity index (χ1) is 20.8. The fourth-order valence-electron chi connectivity index (χ4n) is 10.4. The summed E-state index contributed by atoms with van der Waals surface area (Å²) in [6.45, 7) is 12.5. The van der Waals surface area contributed by atoms with Gasteiger partial charge in [-0.1, -0.05) is 20.8 Å². The second kappa shape index (κ2) is 13.0. The number of Topliss-reactive ketones (excluding diaryl/α,β-unsaturated/α-hetero) is 3. The van der Waals surface area contributed by atoms with E-state index in [2.05, 4.69) is 26.1 Å². The lowest BCUT2D eigenvalue weighted by Gasteiger charge is -2.58. The van der Waals surface area contributed by atoms with E-state index < -0.39 is 11.0 Å². The van der Waals surface area contributed by atoms with Gasteiger partial charge in [0, 0.05) is 55.8 Å². The van der Waals surface area contributed by atoms with Crippen LogP contribution in [0.5, 0.6) is 0 Å². The molecule has 5 fully saturated rings. The van der Waals surface area contributed by atoms with E-state index in [1.54, 1.807) is 0 Å². The first-order valence-electron chi connectivity index (χ1n) is 17.4. The summed E-state index contributed by atoms with van der Waals surface area (Å²) >= 11 is 0. The summed E-state index contributed by atoms with van der Waals surface area (Å²) in [5.74, 6) is 1.00. The van der Waals surface area contributed by atoms with E-state index >= 15 is 0 Å². The zero-order valence-corrected chi connectivity index (χ0v) is 27.7. The lowest BCUT2D eigenvalue weighted by Crippen LogP contribution is -2.60. The minimum atomic E-state index is -0.546. The standard InChI is InChI=1S/C36H55NO7/c1-22(8-11-31(41)43-18-6-7-32(42)44-34(2,3)23-13-16-37-17-14-23)26-9-10-27-33-28(21-30(40)36(26,27)5)35(4)15-12-25(38)19-24(35)20-29(33)39/h22-24,26-28,33,37H,6-21H2,1-5H3/t22-,24+,26-,27+,28+,33+,35+,36-/m1/s1. The van der Waals surface area contributed by atoms with Gasteiger partial charge in [0.2, 0.25) is 0 Å². The molecule has 8 atom stereocenters. The lowest BCUT2D eigenvalue weighted by atomic mass is 9.44. The SMILES string of the molecule is C[C@H](CCC(=O)OCCCC(=O)OC(C)(C)C1CCNCC1)[C@H]1CC[C@H]2[C@@H]3C(=O)C[C@@H]4CC(=O)CC[C@]4(C)[C@H]3CC(=O)[C@]12C. The molecule has 5 rings (SSSR count). The topological polar surface area (TPSA) is 116 Å². The molecule has 1 heterocycles. The summed E-state index contributed by atoms with van der Waals surface area (Å²) in [7, 11) is 0. The third-order valence-electron chi connectivity index (χ3n) is 13.2. The van der Waals surface area contributed by atoms with Crippen LogP contribution in [0.4, 0.5) is 0 Å². The first kappa shape index (κ1) is 33.3. The molecule has 44 heavy (non-hydrogen) atoms. The molecule has 0 aromatic rings. The Labute approximate surface area is 263 Å². The molecule has 0 unspecified atom stereocenters. The highest BCUT2D eigenvalue weighted by Gasteiger charge is 2.66. The van der Waals surface area contributed by atoms with Crippen LogP contribution in [0.25, 0.3) is 0 Å². The van der Waals surface area contributed by atoms with Gasteiger partial charge in [-0.05, 0) is 107 Å². The van der Waals surface area contributed by atoms with E-state index in [1.807, 2.05) is 13.8 Å². The molecule has 8 nitrogen and oxygen atoms in total. The number of piperidine rings is 1. The Balaban J connectivity index is 1.09. The van der Waals surface area contributed by atoms with Gasteiger partial charge in [-0.25, -0.2) is 0 Å². The largest absolute Gasteiger partial charge is 0.466 e. The summed E-state index contributed by atoms with van der Waals surface area (Å²) in [4.78, 5) is 64.9. The van der Waals surface area contributed by atoms with Gasteiger partial charge in [-0.3, -0.25) is 24.0 Å². The molecule has 0 aromatic carbocycles. The third-order valence-corrected chi connectivity index (χ3v) is 13.2. The molecule has 0 aromatic heterocycles. The Bertz CT molecular complexity index is 1140. The van der Waals surface area contributed by atoms with Crippen molar-refractivity contribution in [3.05, 3.63) is 0 Å². The molecule has 1 saturated heterocycles. The minimum Gasteiger partial charge on any atom is -0.466 e. The summed E-state index contributed by atoms with van der Waals surface area (Å²) in [6, 6.07) is 0. The fraction of sp³-hybridized carbons (Fsp3) is 0.861. The molecule has 1 aliphatic heterocycles. The maximum Gasteiger partial charge on any atom is 0.306 e. The number of hydrogen-bond donors (Lipinski definition) is 1. The van der Waals surface area contributed by atoms with Crippen molar-refractivity contribution in [1.29, 1.82) is 0 Å². The van der Waals surface area contributed by atoms with Gasteiger partial charge in [-0.2, -0.15) is 0 Å². The van der Waals surface area contributed by atoms with Gasteiger partial charge in [0.05, 0.1) is 6.61 Å². The van der Waals surface area contributed by atoms with Crippen molar-refractivity contribution < 1.29 is 33.4 Å². The van der Waals surface area contributed by atoms with Crippen molar-refractivity contribution in [2.75, 3.05) is 19.7 Å². The van der Waals surface area contributed by atoms with E-state index in [0.717, 1.165) is 45.2 Å². The van der Waals surface area contributed by atoms with Crippen molar-refractivity contribution in [3.8, 4) is 0 Å². The van der Waals surface area contributed by atoms with Gasteiger partial charge in [0.1, 0.15) is 23.0 Å². The van der Waals surface area contributed by atoms with Gasteiger partial charge < -0.3 is 14.8 Å². The normalized spacial score (nSPS) is 36.7. The van der Waals surface area contributed by atoms with Crippen LogP contribution < -0.4 is 5.32 Å². The molecule has 4 saturated carbocycles. The highest BCUT2D eigenvalue weighted by Crippen LogP contribution is 2.66. The predicted molar refractivity (Wildman–Crippen MR) is 165 cm³/mol. The number of carbonyl (C=O) groups is 5. The quantitative estimate of drug-likeness (QED) is 0.249. The van der Waals surface area contributed by atoms with Crippen LogP contribution in [-0.2, 0) is 33.4 Å². The van der Waals surface area contributed by atoms with Gasteiger partial charge in [-0.15, -0.1) is 0 Å². The summed E-state index contributed by atoms with van der Waals surface area (Å²) in [5, 5.41) is 3.34. The number of ether oxygens (including phenoxy) is 2. The van der Waals surface area contributed by atoms with Crippen molar-refractivity contribution >= 4 is 29.3 Å². The molecule has 5 aliphatic rings. The molecule has 0 amide bonds. The Morgan fingerprint density at radius 1 is 0.955 bits per heavy atom. The molecule has 0 spiro atoms. The Kier molecular flexibility index (Phi) is 9.80. The first-order valence-corrected chi connectivity index (χ1v) is 17.4. The number of ketones is 3. The van der Waals surface area contributed by atoms with E-state index in [9.17, 15) is 24.0 Å². The molecular formula is C36H55NO7. The zero-order chi connectivity index (χ0) is 31.9. The second-order valence-corrected chi connectivity index (χ2v) is 15.9. The average molecular weight is 614 g/mol. The number of rotatable bonds is 10. The molecule has 8 heteroatoms. The minimum absolute atomic E-state index is 0.0457. The van der Waals surface area contributed by atoms with Crippen molar-refractivity contribution in [2.24, 2.45) is 52.3 Å².